The molecule has 2 unspecified atom stereocenters. The number of ether oxygens (including phenoxy) is 1. The number of carbonyl (C=O) groups is 1. The summed E-state index contributed by atoms with van der Waals surface area (Å²) in [4.78, 5) is 34.2. The summed E-state index contributed by atoms with van der Waals surface area (Å²) in [5.41, 5.74) is 7.71. The Hall–Kier alpha value is -4.22. The van der Waals surface area contributed by atoms with Crippen molar-refractivity contribution in [3.63, 3.8) is 0 Å². The van der Waals surface area contributed by atoms with Crippen molar-refractivity contribution in [2.75, 3.05) is 7.11 Å². The predicted molar refractivity (Wildman–Crippen MR) is 208 cm³/mol. The standard InChI is InChI=1S/C19H16ClN4O2S.C19H16ClN4OS.Li/c1-10-9-27-19-16(10)17(12-4-6-13(20)7-5-12)21-14(8-15(25)26-3)18-23-22-11(2)24(18)19;1-10-11(2)26-19-16(10)17(13-4-6-14(20)7-5-13)21-15(8-9-25)18-23-22-12(3)24(18)19;/h4-7,14H,8H2,1-3H3;4-7,15H,8H2,1-3H3;/q2*-1;+1. The zero-order valence-corrected chi connectivity index (χ0v) is 33.7. The molecule has 8 rings (SSSR count). The molecule has 2 aliphatic heterocycles. The number of benzene rings is 2. The van der Waals surface area contributed by atoms with Crippen LogP contribution in [0.15, 0.2) is 58.5 Å². The third kappa shape index (κ3) is 7.29. The van der Waals surface area contributed by atoms with Crippen LogP contribution in [0.3, 0.4) is 0 Å². The second-order valence-electron chi connectivity index (χ2n) is 12.5. The molecule has 11 nitrogen and oxygen atoms in total. The number of rotatable bonds is 6. The first-order valence-electron chi connectivity index (χ1n) is 16.6. The average Bonchev–Trinajstić information content (AvgIpc) is 3.86. The topological polar surface area (TPSA) is 130 Å². The van der Waals surface area contributed by atoms with Gasteiger partial charge in [-0.1, -0.05) is 54.4 Å². The Balaban J connectivity index is 0.000000181. The first-order valence-corrected chi connectivity index (χ1v) is 18.9. The molecule has 0 spiro atoms. The van der Waals surface area contributed by atoms with Gasteiger partial charge >= 0.3 is 24.8 Å². The van der Waals surface area contributed by atoms with Crippen LogP contribution in [-0.4, -0.2) is 60.3 Å². The van der Waals surface area contributed by atoms with E-state index in [1.807, 2.05) is 84.7 Å². The molecule has 0 bridgehead atoms. The fraction of sp³-hybridized carbons (Fsp3) is 0.263. The number of halogens is 2. The number of esters is 1. The molecule has 0 aliphatic carbocycles. The fourth-order valence-electron chi connectivity index (χ4n) is 6.36. The van der Waals surface area contributed by atoms with Crippen LogP contribution in [-0.2, 0) is 14.3 Å². The molecular weight excluding hydrogens is 758 g/mol. The van der Waals surface area contributed by atoms with Crippen LogP contribution in [0.1, 0.15) is 86.5 Å². The predicted octanol–water partition coefficient (Wildman–Crippen LogP) is 5.16. The minimum atomic E-state index is -0.497. The van der Waals surface area contributed by atoms with Crippen molar-refractivity contribution in [3.05, 3.63) is 126 Å². The van der Waals surface area contributed by atoms with Gasteiger partial charge in [-0.15, -0.1) is 49.1 Å². The maximum atomic E-state index is 12.0. The average molecular weight is 791 g/mol. The normalized spacial score (nSPS) is 15.4. The quantitative estimate of drug-likeness (QED) is 0.130. The zero-order chi connectivity index (χ0) is 37.6. The maximum absolute atomic E-state index is 12.0. The Kier molecular flexibility index (Phi) is 11.9. The van der Waals surface area contributed by atoms with Crippen molar-refractivity contribution in [2.45, 2.75) is 59.5 Å². The first kappa shape index (κ1) is 39.5. The molecule has 0 saturated heterocycles. The molecule has 0 saturated carbocycles. The Morgan fingerprint density at radius 1 is 0.796 bits per heavy atom. The summed E-state index contributed by atoms with van der Waals surface area (Å²) in [7, 11) is 1.37. The van der Waals surface area contributed by atoms with Gasteiger partial charge in [-0.2, -0.15) is 5.56 Å². The summed E-state index contributed by atoms with van der Waals surface area (Å²) in [5.74, 6) is 2.48. The van der Waals surface area contributed by atoms with Crippen LogP contribution in [0.5, 0.6) is 0 Å². The molecule has 54 heavy (non-hydrogen) atoms. The summed E-state index contributed by atoms with van der Waals surface area (Å²) in [6.45, 7) is 10.0. The Morgan fingerprint density at radius 2 is 1.31 bits per heavy atom. The van der Waals surface area contributed by atoms with Crippen molar-refractivity contribution in [1.82, 2.24) is 29.5 Å². The van der Waals surface area contributed by atoms with Crippen LogP contribution in [0.25, 0.3) is 10.0 Å². The molecular formula is C38H32Cl2LiN8O3S2-. The molecule has 270 valence electrons. The number of fused-ring (bicyclic) bond motifs is 6. The van der Waals surface area contributed by atoms with Gasteiger partial charge in [0.05, 0.1) is 25.3 Å². The number of thiophene rings is 2. The number of methoxy groups -OCH3 is 1. The second-order valence-corrected chi connectivity index (χ2v) is 15.4. The maximum Gasteiger partial charge on any atom is 1.00 e. The van der Waals surface area contributed by atoms with Gasteiger partial charge in [0.15, 0.2) is 11.6 Å². The van der Waals surface area contributed by atoms with Gasteiger partial charge in [-0.3, -0.25) is 37.0 Å². The number of carbonyl (C=O) groups excluding carboxylic acids is 2. The van der Waals surface area contributed by atoms with E-state index in [4.69, 9.17) is 37.9 Å². The first-order chi connectivity index (χ1) is 25.5. The van der Waals surface area contributed by atoms with Crippen LogP contribution in [0, 0.1) is 40.0 Å². The van der Waals surface area contributed by atoms with Gasteiger partial charge < -0.3 is 14.1 Å². The zero-order valence-electron chi connectivity index (χ0n) is 30.6. The van der Waals surface area contributed by atoms with Gasteiger partial charge in [-0.05, 0) is 68.1 Å². The van der Waals surface area contributed by atoms with E-state index in [9.17, 15) is 9.59 Å². The molecule has 16 heteroatoms. The number of hydrogen-bond acceptors (Lipinski definition) is 11. The van der Waals surface area contributed by atoms with E-state index in [0.29, 0.717) is 21.7 Å². The van der Waals surface area contributed by atoms with Crippen molar-refractivity contribution in [1.29, 1.82) is 0 Å². The molecule has 0 fully saturated rings. The molecule has 6 heterocycles. The number of aromatic nitrogens is 6. The van der Waals surface area contributed by atoms with E-state index >= 15 is 0 Å². The van der Waals surface area contributed by atoms with Gasteiger partial charge in [0.25, 0.3) is 0 Å². The monoisotopic (exact) mass is 789 g/mol. The summed E-state index contributed by atoms with van der Waals surface area (Å²) in [6, 6.07) is 14.2. The van der Waals surface area contributed by atoms with Gasteiger partial charge in [-0.25, -0.2) is 0 Å². The SMILES string of the molecule is COC(=O)CC1N=C(c2ccc(Cl)cc2)c2c(C)[c-]sc2-n2c(C)nnc21.Cc1sc2c(c1C)C(c1ccc(Cl)cc1)=NC(C[C-]=O)c1nnc(C)n1-2.[Li+]. The van der Waals surface area contributed by atoms with E-state index in [2.05, 4.69) is 39.6 Å². The minimum Gasteiger partial charge on any atom is -0.542 e. The van der Waals surface area contributed by atoms with Crippen LogP contribution < -0.4 is 18.9 Å². The molecule has 0 radical (unpaired) electrons. The molecule has 6 aromatic rings. The van der Waals surface area contributed by atoms with Gasteiger partial charge in [0.2, 0.25) is 0 Å². The summed E-state index contributed by atoms with van der Waals surface area (Å²) >= 11 is 15.3. The van der Waals surface area contributed by atoms with Crippen LogP contribution in [0.2, 0.25) is 10.0 Å². The van der Waals surface area contributed by atoms with Crippen molar-refractivity contribution in [2.24, 2.45) is 9.98 Å². The third-order valence-corrected chi connectivity index (χ3v) is 11.8. The number of aliphatic imine (C=N–C) groups is 2. The third-order valence-electron chi connectivity index (χ3n) is 9.10. The van der Waals surface area contributed by atoms with E-state index < -0.39 is 12.1 Å². The molecule has 2 aliphatic rings. The molecule has 4 aromatic heterocycles. The fourth-order valence-corrected chi connectivity index (χ4v) is 8.85. The second kappa shape index (κ2) is 16.2. The van der Waals surface area contributed by atoms with Crippen molar-refractivity contribution >= 4 is 69.6 Å². The number of nitrogens with zero attached hydrogens (tertiary/aromatic N) is 8. The molecule has 0 N–H and O–H groups in total. The van der Waals surface area contributed by atoms with E-state index in [-0.39, 0.29) is 37.7 Å². The minimum absolute atomic E-state index is 0. The van der Waals surface area contributed by atoms with E-state index in [0.717, 1.165) is 60.9 Å². The Bertz CT molecular complexity index is 2430. The number of aryl methyl sites for hydroxylation is 4. The van der Waals surface area contributed by atoms with Gasteiger partial charge in [0.1, 0.15) is 22.7 Å². The van der Waals surface area contributed by atoms with E-state index in [1.54, 1.807) is 11.3 Å². The number of hydrogen-bond donors (Lipinski definition) is 0. The summed E-state index contributed by atoms with van der Waals surface area (Å²) < 4.78 is 8.85. The smallest absolute Gasteiger partial charge is 0.542 e. The molecule has 0 amide bonds. The molecule has 2 aromatic carbocycles. The van der Waals surface area contributed by atoms with Crippen LogP contribution in [0.4, 0.5) is 0 Å². The van der Waals surface area contributed by atoms with Crippen LogP contribution >= 0.6 is 45.9 Å². The molecule has 2 atom stereocenters. The summed E-state index contributed by atoms with van der Waals surface area (Å²) in [6.07, 6.45) is 2.21. The van der Waals surface area contributed by atoms with Gasteiger partial charge in [0, 0.05) is 31.8 Å². The van der Waals surface area contributed by atoms with Crippen molar-refractivity contribution in [3.8, 4) is 10.0 Å². The summed E-state index contributed by atoms with van der Waals surface area (Å²) in [5, 5.41) is 23.7. The Morgan fingerprint density at radius 3 is 1.87 bits per heavy atom. The largest absolute Gasteiger partial charge is 1.00 e. The van der Waals surface area contributed by atoms with E-state index in [1.165, 1.54) is 28.9 Å². The Labute approximate surface area is 342 Å². The van der Waals surface area contributed by atoms with Crippen molar-refractivity contribution < 1.29 is 33.2 Å².